The number of nitrogens with zero attached hydrogens (tertiary/aromatic N) is 3. The molecule has 4 aromatic rings. The van der Waals surface area contributed by atoms with Crippen LogP contribution in [0.4, 0.5) is 0 Å². The van der Waals surface area contributed by atoms with E-state index in [1.54, 1.807) is 6.26 Å². The highest BCUT2D eigenvalue weighted by atomic mass is 16.3. The summed E-state index contributed by atoms with van der Waals surface area (Å²) < 4.78 is 7.56. The van der Waals surface area contributed by atoms with E-state index >= 15 is 0 Å². The SMILES string of the molecule is c1coc(CCn2ccnc2-c2ccnc3ccccc23)c1. The third-order valence-corrected chi connectivity index (χ3v) is 3.78. The predicted octanol–water partition coefficient (Wildman–Crippen LogP) is 3.93. The molecule has 3 aromatic heterocycles. The highest BCUT2D eigenvalue weighted by Crippen LogP contribution is 2.26. The average molecular weight is 289 g/mol. The van der Waals surface area contributed by atoms with Crippen LogP contribution >= 0.6 is 0 Å². The van der Waals surface area contributed by atoms with Gasteiger partial charge >= 0.3 is 0 Å². The van der Waals surface area contributed by atoms with Crippen LogP contribution < -0.4 is 0 Å². The summed E-state index contributed by atoms with van der Waals surface area (Å²) in [6, 6.07) is 14.1. The Morgan fingerprint density at radius 2 is 1.91 bits per heavy atom. The van der Waals surface area contributed by atoms with Crippen molar-refractivity contribution in [3.63, 3.8) is 0 Å². The molecule has 0 N–H and O–H groups in total. The second-order valence-electron chi connectivity index (χ2n) is 5.15. The summed E-state index contributed by atoms with van der Waals surface area (Å²) in [6.07, 6.45) is 8.24. The molecular weight excluding hydrogens is 274 g/mol. The third kappa shape index (κ3) is 2.29. The van der Waals surface area contributed by atoms with Gasteiger partial charge in [0.2, 0.25) is 0 Å². The maximum absolute atomic E-state index is 5.40. The number of pyridine rings is 1. The molecule has 1 aromatic carbocycles. The molecule has 0 spiro atoms. The van der Waals surface area contributed by atoms with Crippen LogP contribution in [-0.2, 0) is 13.0 Å². The zero-order chi connectivity index (χ0) is 14.8. The van der Waals surface area contributed by atoms with Crippen LogP contribution in [0.5, 0.6) is 0 Å². The zero-order valence-electron chi connectivity index (χ0n) is 12.0. The van der Waals surface area contributed by atoms with Crippen LogP contribution in [0.1, 0.15) is 5.76 Å². The molecule has 0 radical (unpaired) electrons. The van der Waals surface area contributed by atoms with E-state index in [0.29, 0.717) is 0 Å². The summed E-state index contributed by atoms with van der Waals surface area (Å²) in [5, 5.41) is 1.12. The molecular formula is C18H15N3O. The molecule has 0 amide bonds. The largest absolute Gasteiger partial charge is 0.469 e. The molecule has 0 unspecified atom stereocenters. The summed E-state index contributed by atoms with van der Waals surface area (Å²) in [7, 11) is 0. The number of para-hydroxylation sites is 1. The quantitative estimate of drug-likeness (QED) is 0.571. The molecule has 0 atom stereocenters. The number of furan rings is 1. The first-order valence-corrected chi connectivity index (χ1v) is 7.29. The van der Waals surface area contributed by atoms with Crippen molar-refractivity contribution in [2.24, 2.45) is 0 Å². The molecule has 0 saturated heterocycles. The lowest BCUT2D eigenvalue weighted by molar-refractivity contribution is 0.492. The normalized spacial score (nSPS) is 11.1. The van der Waals surface area contributed by atoms with Crippen LogP contribution in [-0.4, -0.2) is 14.5 Å². The summed E-state index contributed by atoms with van der Waals surface area (Å²) in [4.78, 5) is 8.96. The fourth-order valence-electron chi connectivity index (χ4n) is 2.71. The zero-order valence-corrected chi connectivity index (χ0v) is 12.0. The van der Waals surface area contributed by atoms with Crippen LogP contribution in [0.15, 0.2) is 71.7 Å². The highest BCUT2D eigenvalue weighted by molar-refractivity contribution is 5.92. The number of rotatable bonds is 4. The molecule has 0 saturated carbocycles. The molecule has 0 bridgehead atoms. The molecule has 0 fully saturated rings. The molecule has 0 aliphatic carbocycles. The Balaban J connectivity index is 1.72. The van der Waals surface area contributed by atoms with E-state index in [0.717, 1.165) is 41.0 Å². The van der Waals surface area contributed by atoms with Crippen molar-refractivity contribution in [3.8, 4) is 11.4 Å². The van der Waals surface area contributed by atoms with E-state index < -0.39 is 0 Å². The lowest BCUT2D eigenvalue weighted by Gasteiger charge is -2.09. The number of aromatic nitrogens is 3. The van der Waals surface area contributed by atoms with Crippen LogP contribution in [0.25, 0.3) is 22.3 Å². The molecule has 4 nitrogen and oxygen atoms in total. The molecule has 0 aliphatic heterocycles. The number of hydrogen-bond acceptors (Lipinski definition) is 3. The van der Waals surface area contributed by atoms with Gasteiger partial charge in [-0.15, -0.1) is 0 Å². The fourth-order valence-corrected chi connectivity index (χ4v) is 2.71. The smallest absolute Gasteiger partial charge is 0.140 e. The maximum Gasteiger partial charge on any atom is 0.140 e. The first-order valence-electron chi connectivity index (χ1n) is 7.29. The summed E-state index contributed by atoms with van der Waals surface area (Å²) in [5.74, 6) is 1.95. The van der Waals surface area contributed by atoms with Gasteiger partial charge in [-0.25, -0.2) is 4.98 Å². The maximum atomic E-state index is 5.40. The van der Waals surface area contributed by atoms with E-state index in [9.17, 15) is 0 Å². The first-order chi connectivity index (χ1) is 10.9. The monoisotopic (exact) mass is 289 g/mol. The predicted molar refractivity (Wildman–Crippen MR) is 85.4 cm³/mol. The summed E-state index contributed by atoms with van der Waals surface area (Å²) in [6.45, 7) is 0.833. The lowest BCUT2D eigenvalue weighted by Crippen LogP contribution is -2.02. The minimum Gasteiger partial charge on any atom is -0.469 e. The van der Waals surface area contributed by atoms with Gasteiger partial charge in [-0.3, -0.25) is 4.98 Å². The molecule has 4 rings (SSSR count). The van der Waals surface area contributed by atoms with Gasteiger partial charge in [0.15, 0.2) is 0 Å². The third-order valence-electron chi connectivity index (χ3n) is 3.78. The molecule has 0 aliphatic rings. The Morgan fingerprint density at radius 1 is 0.955 bits per heavy atom. The molecule has 3 heterocycles. The molecule has 108 valence electrons. The number of hydrogen-bond donors (Lipinski definition) is 0. The van der Waals surface area contributed by atoms with E-state index in [2.05, 4.69) is 20.6 Å². The minimum absolute atomic E-state index is 0.833. The van der Waals surface area contributed by atoms with Gasteiger partial charge in [0, 0.05) is 42.5 Å². The molecule has 22 heavy (non-hydrogen) atoms. The van der Waals surface area contributed by atoms with Crippen molar-refractivity contribution in [3.05, 3.63) is 73.1 Å². The van der Waals surface area contributed by atoms with Crippen molar-refractivity contribution >= 4 is 10.9 Å². The second-order valence-corrected chi connectivity index (χ2v) is 5.15. The van der Waals surface area contributed by atoms with Crippen molar-refractivity contribution in [2.45, 2.75) is 13.0 Å². The Hall–Kier alpha value is -2.88. The molecule has 4 heteroatoms. The van der Waals surface area contributed by atoms with Crippen LogP contribution in [0.2, 0.25) is 0 Å². The van der Waals surface area contributed by atoms with E-state index in [1.165, 1.54) is 0 Å². The number of fused-ring (bicyclic) bond motifs is 1. The van der Waals surface area contributed by atoms with E-state index in [4.69, 9.17) is 4.42 Å². The van der Waals surface area contributed by atoms with Gasteiger partial charge in [-0.2, -0.15) is 0 Å². The van der Waals surface area contributed by atoms with Gasteiger partial charge in [0.1, 0.15) is 11.6 Å². The Bertz CT molecular complexity index is 888. The Morgan fingerprint density at radius 3 is 2.82 bits per heavy atom. The average Bonchev–Trinajstić information content (AvgIpc) is 3.24. The van der Waals surface area contributed by atoms with Crippen molar-refractivity contribution in [2.75, 3.05) is 0 Å². The van der Waals surface area contributed by atoms with E-state index in [-0.39, 0.29) is 0 Å². The number of imidazole rings is 1. The highest BCUT2D eigenvalue weighted by Gasteiger charge is 2.10. The van der Waals surface area contributed by atoms with Gasteiger partial charge in [0.25, 0.3) is 0 Å². The summed E-state index contributed by atoms with van der Waals surface area (Å²) in [5.41, 5.74) is 2.09. The first kappa shape index (κ1) is 12.8. The Labute approximate surface area is 128 Å². The summed E-state index contributed by atoms with van der Waals surface area (Å²) >= 11 is 0. The van der Waals surface area contributed by atoms with Gasteiger partial charge in [-0.05, 0) is 24.3 Å². The van der Waals surface area contributed by atoms with Gasteiger partial charge < -0.3 is 8.98 Å². The van der Waals surface area contributed by atoms with Gasteiger partial charge in [-0.1, -0.05) is 18.2 Å². The minimum atomic E-state index is 0.833. The Kier molecular flexibility index (Phi) is 3.20. The number of aryl methyl sites for hydroxylation is 2. The fraction of sp³-hybridized carbons (Fsp3) is 0.111. The van der Waals surface area contributed by atoms with Crippen molar-refractivity contribution < 1.29 is 4.42 Å². The van der Waals surface area contributed by atoms with E-state index in [1.807, 2.05) is 55.0 Å². The topological polar surface area (TPSA) is 43.9 Å². The van der Waals surface area contributed by atoms with Gasteiger partial charge in [0.05, 0.1) is 11.8 Å². The standard InChI is InChI=1S/C18H15N3O/c1-2-6-17-15(5-1)16(7-9-19-17)18-20-10-12-21(18)11-8-14-4-3-13-22-14/h1-7,9-10,12-13H,8,11H2. The van der Waals surface area contributed by atoms with Crippen LogP contribution in [0, 0.1) is 0 Å². The number of benzene rings is 1. The van der Waals surface area contributed by atoms with Crippen LogP contribution in [0.3, 0.4) is 0 Å². The second kappa shape index (κ2) is 5.48. The lowest BCUT2D eigenvalue weighted by atomic mass is 10.1. The van der Waals surface area contributed by atoms with Crippen molar-refractivity contribution in [1.82, 2.24) is 14.5 Å². The van der Waals surface area contributed by atoms with Crippen molar-refractivity contribution in [1.29, 1.82) is 0 Å².